The van der Waals surface area contributed by atoms with E-state index in [1.165, 1.54) is 0 Å². The van der Waals surface area contributed by atoms with Crippen molar-refractivity contribution < 1.29 is 19.2 Å². The molecule has 5 nitrogen and oxygen atoms in total. The zero-order chi connectivity index (χ0) is 16.0. The van der Waals surface area contributed by atoms with E-state index in [-0.39, 0.29) is 18.0 Å². The van der Waals surface area contributed by atoms with Crippen LogP contribution >= 0.6 is 0 Å². The number of hydrogen-bond acceptors (Lipinski definition) is 3. The van der Waals surface area contributed by atoms with Crippen molar-refractivity contribution in [3.8, 4) is 11.5 Å². The van der Waals surface area contributed by atoms with Crippen LogP contribution in [0.1, 0.15) is 26.3 Å². The van der Waals surface area contributed by atoms with Gasteiger partial charge in [0.05, 0.1) is 21.3 Å². The minimum atomic E-state index is -0.111. The molecule has 0 spiro atoms. The molecular formula is C16H27N2O3+. The maximum Gasteiger partial charge on any atom is 0.278 e. The standard InChI is InChI=1S/C16H26N2O3/c1-11(2)17-16(19)12(3)18(4)10-13-7-8-14(20-5)15(9-13)21-6/h7-9,11-12H,10H2,1-6H3,(H,17,19)/p+1/t12-/m1/s1. The smallest absolute Gasteiger partial charge is 0.278 e. The molecule has 1 rings (SSSR count). The third-order valence-electron chi connectivity index (χ3n) is 3.49. The van der Waals surface area contributed by atoms with Crippen LogP contribution in [0.2, 0.25) is 0 Å². The van der Waals surface area contributed by atoms with E-state index in [9.17, 15) is 4.79 Å². The first kappa shape index (κ1) is 17.3. The molecule has 0 aliphatic rings. The normalized spacial score (nSPS) is 13.7. The molecule has 21 heavy (non-hydrogen) atoms. The van der Waals surface area contributed by atoms with Gasteiger partial charge in [-0.15, -0.1) is 0 Å². The summed E-state index contributed by atoms with van der Waals surface area (Å²) in [5, 5.41) is 2.95. The fourth-order valence-electron chi connectivity index (χ4n) is 2.10. The Bertz CT molecular complexity index is 475. The first-order valence-corrected chi connectivity index (χ1v) is 7.22. The molecule has 1 aromatic rings. The van der Waals surface area contributed by atoms with Crippen LogP contribution in [0.5, 0.6) is 11.5 Å². The Balaban J connectivity index is 2.74. The van der Waals surface area contributed by atoms with E-state index in [2.05, 4.69) is 5.32 Å². The molecule has 0 bridgehead atoms. The molecule has 5 heteroatoms. The van der Waals surface area contributed by atoms with E-state index in [0.29, 0.717) is 11.5 Å². The van der Waals surface area contributed by atoms with Crippen LogP contribution in [0.3, 0.4) is 0 Å². The van der Waals surface area contributed by atoms with Gasteiger partial charge in [0.15, 0.2) is 17.5 Å². The lowest BCUT2D eigenvalue weighted by Gasteiger charge is -2.22. The summed E-state index contributed by atoms with van der Waals surface area (Å²) < 4.78 is 10.5. The van der Waals surface area contributed by atoms with Gasteiger partial charge in [-0.3, -0.25) is 4.79 Å². The molecule has 2 N–H and O–H groups in total. The lowest BCUT2D eigenvalue weighted by Crippen LogP contribution is -3.12. The van der Waals surface area contributed by atoms with Gasteiger partial charge in [-0.1, -0.05) is 0 Å². The van der Waals surface area contributed by atoms with Crippen LogP contribution in [0.4, 0.5) is 0 Å². The molecule has 0 aliphatic carbocycles. The first-order chi connectivity index (χ1) is 9.88. The van der Waals surface area contributed by atoms with Gasteiger partial charge in [0, 0.05) is 11.6 Å². The molecule has 2 atom stereocenters. The zero-order valence-corrected chi connectivity index (χ0v) is 13.8. The van der Waals surface area contributed by atoms with Gasteiger partial charge in [-0.05, 0) is 39.0 Å². The van der Waals surface area contributed by atoms with Gasteiger partial charge in [-0.25, -0.2) is 0 Å². The first-order valence-electron chi connectivity index (χ1n) is 7.22. The Morgan fingerprint density at radius 3 is 2.33 bits per heavy atom. The molecule has 0 radical (unpaired) electrons. The highest BCUT2D eigenvalue weighted by atomic mass is 16.5. The molecule has 0 heterocycles. The van der Waals surface area contributed by atoms with Gasteiger partial charge in [0.25, 0.3) is 5.91 Å². The van der Waals surface area contributed by atoms with Crippen molar-refractivity contribution in [2.75, 3.05) is 21.3 Å². The maximum absolute atomic E-state index is 12.0. The van der Waals surface area contributed by atoms with E-state index < -0.39 is 0 Å². The Hall–Kier alpha value is -1.75. The molecule has 1 aromatic carbocycles. The molecule has 0 aromatic heterocycles. The van der Waals surface area contributed by atoms with Gasteiger partial charge in [0.1, 0.15) is 6.54 Å². The Morgan fingerprint density at radius 1 is 1.19 bits per heavy atom. The largest absolute Gasteiger partial charge is 0.493 e. The number of benzene rings is 1. The highest BCUT2D eigenvalue weighted by molar-refractivity contribution is 5.80. The summed E-state index contributed by atoms with van der Waals surface area (Å²) in [6.07, 6.45) is 0. The van der Waals surface area contributed by atoms with Gasteiger partial charge in [-0.2, -0.15) is 0 Å². The molecule has 0 aliphatic heterocycles. The number of nitrogens with one attached hydrogen (secondary N) is 2. The van der Waals surface area contributed by atoms with Crippen LogP contribution in [-0.4, -0.2) is 39.3 Å². The number of methoxy groups -OCH3 is 2. The summed E-state index contributed by atoms with van der Waals surface area (Å²) in [4.78, 5) is 13.2. The number of carbonyl (C=O) groups excluding carboxylic acids is 1. The van der Waals surface area contributed by atoms with Crippen LogP contribution in [0.25, 0.3) is 0 Å². The number of carbonyl (C=O) groups is 1. The van der Waals surface area contributed by atoms with E-state index in [1.807, 2.05) is 46.0 Å². The summed E-state index contributed by atoms with van der Waals surface area (Å²) in [6.45, 7) is 6.61. The topological polar surface area (TPSA) is 52.0 Å². The third kappa shape index (κ3) is 4.93. The predicted molar refractivity (Wildman–Crippen MR) is 82.9 cm³/mol. The van der Waals surface area contributed by atoms with Gasteiger partial charge in [0.2, 0.25) is 0 Å². The maximum atomic E-state index is 12.0. The van der Waals surface area contributed by atoms with Crippen LogP contribution in [-0.2, 0) is 11.3 Å². The van der Waals surface area contributed by atoms with Crippen molar-refractivity contribution in [2.45, 2.75) is 39.4 Å². The summed E-state index contributed by atoms with van der Waals surface area (Å²) in [5.74, 6) is 1.49. The zero-order valence-electron chi connectivity index (χ0n) is 13.8. The monoisotopic (exact) mass is 295 g/mol. The summed E-state index contributed by atoms with van der Waals surface area (Å²) in [5.41, 5.74) is 1.11. The molecule has 0 saturated carbocycles. The Kier molecular flexibility index (Phi) is 6.49. The van der Waals surface area contributed by atoms with Crippen molar-refractivity contribution in [1.82, 2.24) is 5.32 Å². The van der Waals surface area contributed by atoms with Crippen molar-refractivity contribution in [3.63, 3.8) is 0 Å². The highest BCUT2D eigenvalue weighted by Gasteiger charge is 2.22. The second-order valence-electron chi connectivity index (χ2n) is 5.60. The molecule has 1 amide bonds. The Morgan fingerprint density at radius 2 is 1.81 bits per heavy atom. The number of likely N-dealkylation sites (N-methyl/N-ethyl adjacent to an activating group) is 1. The van der Waals surface area contributed by atoms with Crippen LogP contribution in [0, 0.1) is 0 Å². The molecule has 1 unspecified atom stereocenters. The number of amides is 1. The number of quaternary nitrogens is 1. The fourth-order valence-corrected chi connectivity index (χ4v) is 2.10. The number of ether oxygens (including phenoxy) is 2. The van der Waals surface area contributed by atoms with Crippen molar-refractivity contribution in [1.29, 1.82) is 0 Å². The van der Waals surface area contributed by atoms with E-state index in [4.69, 9.17) is 9.47 Å². The minimum absolute atomic E-state index is 0.0722. The molecule has 0 fully saturated rings. The van der Waals surface area contributed by atoms with E-state index >= 15 is 0 Å². The summed E-state index contributed by atoms with van der Waals surface area (Å²) in [6, 6.07) is 5.89. The quantitative estimate of drug-likeness (QED) is 0.776. The lowest BCUT2D eigenvalue weighted by molar-refractivity contribution is -0.908. The van der Waals surface area contributed by atoms with E-state index in [1.54, 1.807) is 14.2 Å². The molecule has 0 saturated heterocycles. The third-order valence-corrected chi connectivity index (χ3v) is 3.49. The second kappa shape index (κ2) is 7.88. The number of rotatable bonds is 7. The van der Waals surface area contributed by atoms with Crippen molar-refractivity contribution in [2.24, 2.45) is 0 Å². The van der Waals surface area contributed by atoms with Gasteiger partial charge < -0.3 is 19.7 Å². The average Bonchev–Trinajstić information content (AvgIpc) is 2.45. The second-order valence-corrected chi connectivity index (χ2v) is 5.60. The lowest BCUT2D eigenvalue weighted by atomic mass is 10.1. The van der Waals surface area contributed by atoms with Crippen molar-refractivity contribution in [3.05, 3.63) is 23.8 Å². The van der Waals surface area contributed by atoms with Gasteiger partial charge >= 0.3 is 0 Å². The average molecular weight is 295 g/mol. The van der Waals surface area contributed by atoms with Crippen molar-refractivity contribution >= 4 is 5.91 Å². The molecular weight excluding hydrogens is 268 g/mol. The fraction of sp³-hybridized carbons (Fsp3) is 0.562. The minimum Gasteiger partial charge on any atom is -0.493 e. The summed E-state index contributed by atoms with van der Waals surface area (Å²) in [7, 11) is 5.26. The summed E-state index contributed by atoms with van der Waals surface area (Å²) >= 11 is 0. The van der Waals surface area contributed by atoms with Crippen LogP contribution < -0.4 is 19.7 Å². The highest BCUT2D eigenvalue weighted by Crippen LogP contribution is 2.27. The SMILES string of the molecule is COc1ccc(C[NH+](C)[C@H](C)C(=O)NC(C)C)cc1OC. The Labute approximate surface area is 127 Å². The number of hydrogen-bond donors (Lipinski definition) is 2. The predicted octanol–water partition coefficient (Wildman–Crippen LogP) is 0.632. The van der Waals surface area contributed by atoms with E-state index in [0.717, 1.165) is 17.0 Å². The van der Waals surface area contributed by atoms with Crippen LogP contribution in [0.15, 0.2) is 18.2 Å². The molecule has 118 valence electrons.